The molecule has 0 N–H and O–H groups in total. The number of carbonyl (C=O) groups excluding carboxylic acids is 2. The Morgan fingerprint density at radius 1 is 0.739 bits per heavy atom. The van der Waals surface area contributed by atoms with Gasteiger partial charge in [0, 0.05) is 29.3 Å². The monoisotopic (exact) mass is 667 g/mol. The van der Waals surface area contributed by atoms with Crippen molar-refractivity contribution in [3.8, 4) is 0 Å². The van der Waals surface area contributed by atoms with Crippen LogP contribution in [-0.2, 0) is 41.1 Å². The Morgan fingerprint density at radius 3 is 1.72 bits per heavy atom. The van der Waals surface area contributed by atoms with Crippen LogP contribution in [0.25, 0.3) is 5.31 Å². The summed E-state index contributed by atoms with van der Waals surface area (Å²) >= 11 is 8.31. The maximum Gasteiger partial charge on any atom is 0.345 e. The first-order valence-electron chi connectivity index (χ1n) is 15.0. The van der Waals surface area contributed by atoms with Gasteiger partial charge in [-0.15, -0.1) is 0 Å². The van der Waals surface area contributed by atoms with Gasteiger partial charge >= 0.3 is 11.9 Å². The number of carbonyl (C=O) groups is 2. The van der Waals surface area contributed by atoms with E-state index in [4.69, 9.17) is 26.0 Å². The van der Waals surface area contributed by atoms with Gasteiger partial charge in [0.1, 0.15) is 10.4 Å². The third kappa shape index (κ3) is 5.48. The van der Waals surface area contributed by atoms with Crippen LogP contribution in [0.5, 0.6) is 0 Å². The van der Waals surface area contributed by atoms with Gasteiger partial charge < -0.3 is 14.2 Å². The number of rotatable bonds is 8. The summed E-state index contributed by atoms with van der Waals surface area (Å²) in [6.07, 6.45) is 0. The van der Waals surface area contributed by atoms with Crippen molar-refractivity contribution in [2.24, 2.45) is 0 Å². The first kappa shape index (κ1) is 32.2. The average Bonchev–Trinajstić information content (AvgIpc) is 3.49. The zero-order chi connectivity index (χ0) is 32.1. The summed E-state index contributed by atoms with van der Waals surface area (Å²) in [6.45, 7) is 1.94. The Kier molecular flexibility index (Phi) is 9.73. The number of morpholine rings is 1. The normalized spacial score (nSPS) is 19.9. The second kappa shape index (κ2) is 13.9. The molecule has 1 fully saturated rings. The molecule has 1 saturated heterocycles. The Balaban J connectivity index is 1.86. The number of nitrogens with zero attached hydrogens (tertiary/aromatic N) is 1. The van der Waals surface area contributed by atoms with E-state index in [2.05, 4.69) is 41.3 Å². The molecule has 0 saturated carbocycles. The molecule has 0 radical (unpaired) electrons. The average molecular weight is 668 g/mol. The minimum Gasteiger partial charge on any atom is -0.466 e. The molecule has 1 atom stereocenters. The highest BCUT2D eigenvalue weighted by atomic mass is 32.4. The second-order valence-electron chi connectivity index (χ2n) is 10.8. The van der Waals surface area contributed by atoms with Gasteiger partial charge in [0.15, 0.2) is 0 Å². The molecule has 46 heavy (non-hydrogen) atoms. The lowest BCUT2D eigenvalue weighted by Gasteiger charge is -2.46. The van der Waals surface area contributed by atoms with Crippen molar-refractivity contribution >= 4 is 57.5 Å². The maximum atomic E-state index is 14.2. The Morgan fingerprint density at radius 2 is 1.22 bits per heavy atom. The minimum absolute atomic E-state index is 0.191. The Bertz CT molecular complexity index is 1780. The van der Waals surface area contributed by atoms with Crippen LogP contribution >= 0.6 is 17.8 Å². The van der Waals surface area contributed by atoms with E-state index in [1.165, 1.54) is 26.0 Å². The van der Waals surface area contributed by atoms with Gasteiger partial charge in [0.25, 0.3) is 0 Å². The summed E-state index contributed by atoms with van der Waals surface area (Å²) < 4.78 is 16.7. The first-order valence-corrected chi connectivity index (χ1v) is 18.6. The van der Waals surface area contributed by atoms with Crippen LogP contribution < -0.4 is 10.6 Å². The molecular weight excluding hydrogens is 634 g/mol. The van der Waals surface area contributed by atoms with Crippen molar-refractivity contribution in [1.82, 2.24) is 4.90 Å². The highest BCUT2D eigenvalue weighted by molar-refractivity contribution is 8.27. The summed E-state index contributed by atoms with van der Waals surface area (Å²) in [5.74, 6) is -1.20. The molecule has 6 nitrogen and oxygen atoms in total. The molecule has 1 unspecified atom stereocenters. The lowest BCUT2D eigenvalue weighted by molar-refractivity contribution is -0.140. The lowest BCUT2D eigenvalue weighted by atomic mass is 9.79. The fourth-order valence-electron chi connectivity index (χ4n) is 6.38. The molecule has 0 aliphatic carbocycles. The molecule has 9 heteroatoms. The van der Waals surface area contributed by atoms with Gasteiger partial charge in [0.05, 0.1) is 33.0 Å². The fraction of sp³-hybridized carbons (Fsp3) is 0.189. The molecule has 234 valence electrons. The van der Waals surface area contributed by atoms with E-state index in [0.29, 0.717) is 26.3 Å². The molecule has 0 bridgehead atoms. The number of thioether (sulfide) groups is 1. The third-order valence-corrected chi connectivity index (χ3v) is 14.8. The second-order valence-corrected chi connectivity index (χ2v) is 16.2. The highest BCUT2D eigenvalue weighted by Gasteiger charge is 2.58. The highest BCUT2D eigenvalue weighted by Crippen LogP contribution is 2.67. The van der Waals surface area contributed by atoms with Gasteiger partial charge in [-0.05, 0) is 21.7 Å². The molecule has 4 aromatic carbocycles. The van der Waals surface area contributed by atoms with Crippen LogP contribution in [0.1, 0.15) is 11.1 Å². The quantitative estimate of drug-likeness (QED) is 0.166. The van der Waals surface area contributed by atoms with Crippen LogP contribution in [-0.4, -0.2) is 57.4 Å². The molecule has 0 spiro atoms. The van der Waals surface area contributed by atoms with Crippen molar-refractivity contribution in [2.75, 3.05) is 40.5 Å². The van der Waals surface area contributed by atoms with E-state index in [1.54, 1.807) is 0 Å². The van der Waals surface area contributed by atoms with Crippen LogP contribution in [0.3, 0.4) is 0 Å². The van der Waals surface area contributed by atoms with Crippen LogP contribution in [0.2, 0.25) is 0 Å². The van der Waals surface area contributed by atoms with Crippen LogP contribution in [0.15, 0.2) is 137 Å². The zero-order valence-corrected chi connectivity index (χ0v) is 28.2. The number of hydrogen-bond donors (Lipinski definition) is 0. The van der Waals surface area contributed by atoms with Crippen molar-refractivity contribution in [3.05, 3.63) is 148 Å². The van der Waals surface area contributed by atoms with E-state index < -0.39 is 23.5 Å². The van der Waals surface area contributed by atoms with Gasteiger partial charge in [-0.2, -0.15) is 0 Å². The van der Waals surface area contributed by atoms with E-state index in [9.17, 15) is 9.59 Å². The molecule has 4 aromatic rings. The summed E-state index contributed by atoms with van der Waals surface area (Å²) in [4.78, 5) is 31.2. The van der Waals surface area contributed by atoms with Gasteiger partial charge in [-0.1, -0.05) is 145 Å². The summed E-state index contributed by atoms with van der Waals surface area (Å²) in [6, 6.07) is 37.5. The van der Waals surface area contributed by atoms with E-state index >= 15 is 0 Å². The fourth-order valence-corrected chi connectivity index (χ4v) is 12.8. The smallest absolute Gasteiger partial charge is 0.345 e. The van der Waals surface area contributed by atoms with Gasteiger partial charge in [0.2, 0.25) is 0 Å². The van der Waals surface area contributed by atoms with Crippen molar-refractivity contribution in [2.45, 2.75) is 5.54 Å². The lowest BCUT2D eigenvalue weighted by Crippen LogP contribution is -2.54. The SMILES string of the molecule is COC(=O)C1=C(C(=O)OC)C(c2ccccc2)(N2CCOCC2)/C(=C(/c2ccccc2)P(=S)(c2ccccc2)c2ccccc2)S1. The summed E-state index contributed by atoms with van der Waals surface area (Å²) in [5.41, 5.74) is 0.747. The standard InChI is InChI=1S/C37H34NO5PS2/c1-41-35(39)31-33(36(40)42-2)46-34(37(31,28-17-9-4-10-18-28)38-23-25-43-26-24-38)32(27-15-7-3-8-16-27)44(45,29-19-11-5-12-20-29)30-21-13-6-14-22-30/h3-22H,23-26H2,1-2H3/b34-32+. The molecule has 2 aliphatic rings. The molecule has 0 amide bonds. The maximum absolute atomic E-state index is 14.2. The Hall–Kier alpha value is -3.78. The first-order chi connectivity index (χ1) is 22.5. The number of ether oxygens (including phenoxy) is 3. The van der Waals surface area contributed by atoms with E-state index in [-0.39, 0.29) is 10.5 Å². The molecule has 6 rings (SSSR count). The number of benzene rings is 4. The number of hydrogen-bond acceptors (Lipinski definition) is 8. The topological polar surface area (TPSA) is 65.1 Å². The minimum atomic E-state index is -2.88. The number of esters is 2. The number of methoxy groups -OCH3 is 2. The zero-order valence-electron chi connectivity index (χ0n) is 25.6. The van der Waals surface area contributed by atoms with Crippen molar-refractivity contribution in [1.29, 1.82) is 0 Å². The third-order valence-electron chi connectivity index (χ3n) is 8.38. The largest absolute Gasteiger partial charge is 0.466 e. The van der Waals surface area contributed by atoms with Gasteiger partial charge in [-0.3, -0.25) is 4.90 Å². The molecule has 0 aromatic heterocycles. The van der Waals surface area contributed by atoms with Crippen molar-refractivity contribution in [3.63, 3.8) is 0 Å². The molecule has 2 heterocycles. The van der Waals surface area contributed by atoms with Crippen LogP contribution in [0.4, 0.5) is 0 Å². The van der Waals surface area contributed by atoms with Gasteiger partial charge in [-0.25, -0.2) is 9.59 Å². The van der Waals surface area contributed by atoms with Crippen LogP contribution in [0, 0.1) is 0 Å². The molecule has 2 aliphatic heterocycles. The van der Waals surface area contributed by atoms with E-state index in [0.717, 1.165) is 32.0 Å². The van der Waals surface area contributed by atoms with E-state index in [1.807, 2.05) is 84.9 Å². The molecular formula is C37H34NO5PS2. The Labute approximate surface area is 279 Å². The summed E-state index contributed by atoms with van der Waals surface area (Å²) in [7, 11) is 2.68. The summed E-state index contributed by atoms with van der Waals surface area (Å²) in [5, 5.41) is 2.90. The van der Waals surface area contributed by atoms with Crippen molar-refractivity contribution < 1.29 is 23.8 Å². The predicted molar refractivity (Wildman–Crippen MR) is 189 cm³/mol. The predicted octanol–water partition coefficient (Wildman–Crippen LogP) is 6.06.